The lowest BCUT2D eigenvalue weighted by atomic mass is 9.84. The number of amides is 2. The number of hydrogen-bond donors (Lipinski definition) is 0. The lowest BCUT2D eigenvalue weighted by Gasteiger charge is -2.47. The van der Waals surface area contributed by atoms with Crippen LogP contribution in [0.1, 0.15) is 19.8 Å². The second kappa shape index (κ2) is 13.6. The van der Waals surface area contributed by atoms with Crippen molar-refractivity contribution in [2.24, 2.45) is 11.8 Å². The Balaban J connectivity index is 1.29. The fraction of sp³-hybridized carbons (Fsp3) is 0.625. The van der Waals surface area contributed by atoms with Gasteiger partial charge in [-0.2, -0.15) is 4.31 Å². The smallest absolute Gasteiger partial charge is 0.245 e. The Morgan fingerprint density at radius 1 is 0.932 bits per heavy atom. The number of likely N-dealkylation sites (N-methyl/N-ethyl adjacent to an activating group) is 2. The summed E-state index contributed by atoms with van der Waals surface area (Å²) in [5.74, 6) is 0.541. The Morgan fingerprint density at radius 3 is 2.23 bits per heavy atom. The number of fused-ring (bicyclic) bond motifs is 3. The van der Waals surface area contributed by atoms with Crippen LogP contribution in [0.4, 0.5) is 0 Å². The molecule has 12 heteroatoms. The van der Waals surface area contributed by atoms with Crippen molar-refractivity contribution in [1.82, 2.24) is 28.8 Å². The summed E-state index contributed by atoms with van der Waals surface area (Å²) in [5.41, 5.74) is 0. The van der Waals surface area contributed by atoms with Gasteiger partial charge >= 0.3 is 0 Å². The number of benzene rings is 2. The standard InChI is InChI=1S/C32H47ClN6O4S/c1-23(31(40)37-21-24-16-25(22-37)20-36(19-24)14-12-34(2)3)38-11-10-30(32(38)41)39(15-13-35(4)5)44(42,43)29-9-7-26-17-28(33)8-6-27(26)18-29/h6-9,17-18,23-25,30H,10-16,19-22H2,1-5H3/t23-,24?,25?,30?/m0/s1. The molecule has 2 aromatic carbocycles. The molecule has 0 aromatic heterocycles. The maximum absolute atomic E-state index is 14.1. The van der Waals surface area contributed by atoms with Crippen LogP contribution in [0, 0.1) is 11.8 Å². The van der Waals surface area contributed by atoms with Gasteiger partial charge in [0.2, 0.25) is 21.8 Å². The van der Waals surface area contributed by atoms with Crippen molar-refractivity contribution in [3.8, 4) is 0 Å². The average molecular weight is 647 g/mol. The highest BCUT2D eigenvalue weighted by atomic mass is 35.5. The number of carbonyl (C=O) groups excluding carboxylic acids is 2. The van der Waals surface area contributed by atoms with Crippen LogP contribution in [-0.2, 0) is 19.6 Å². The second-order valence-electron chi connectivity index (χ2n) is 13.4. The summed E-state index contributed by atoms with van der Waals surface area (Å²) in [6.07, 6.45) is 1.49. The molecule has 0 radical (unpaired) electrons. The number of hydrogen-bond acceptors (Lipinski definition) is 7. The van der Waals surface area contributed by atoms with E-state index >= 15 is 0 Å². The normalized spacial score (nSPS) is 23.8. The molecular formula is C32H47ClN6O4S. The van der Waals surface area contributed by atoms with Crippen LogP contribution in [0.2, 0.25) is 5.02 Å². The summed E-state index contributed by atoms with van der Waals surface area (Å²) >= 11 is 6.13. The zero-order valence-electron chi connectivity index (χ0n) is 26.7. The van der Waals surface area contributed by atoms with E-state index in [1.54, 1.807) is 48.2 Å². The minimum atomic E-state index is -4.01. The second-order valence-corrected chi connectivity index (χ2v) is 15.7. The Hall–Kier alpha value is -2.28. The molecule has 0 spiro atoms. The summed E-state index contributed by atoms with van der Waals surface area (Å²) in [6, 6.07) is 8.80. The van der Waals surface area contributed by atoms with Crippen LogP contribution in [0.25, 0.3) is 10.8 Å². The molecule has 3 aliphatic rings. The van der Waals surface area contributed by atoms with Gasteiger partial charge in [-0.3, -0.25) is 9.59 Å². The first-order chi connectivity index (χ1) is 20.8. The van der Waals surface area contributed by atoms with E-state index in [1.807, 2.05) is 23.9 Å². The molecule has 0 saturated carbocycles. The van der Waals surface area contributed by atoms with Gasteiger partial charge in [0.05, 0.1) is 4.90 Å². The molecule has 3 unspecified atom stereocenters. The molecule has 3 aliphatic heterocycles. The predicted octanol–water partition coefficient (Wildman–Crippen LogP) is 2.38. The molecule has 3 heterocycles. The lowest BCUT2D eigenvalue weighted by Crippen LogP contribution is -2.58. The molecule has 0 N–H and O–H groups in total. The molecule has 10 nitrogen and oxygen atoms in total. The molecule has 0 aliphatic carbocycles. The first-order valence-electron chi connectivity index (χ1n) is 15.7. The van der Waals surface area contributed by atoms with Gasteiger partial charge in [0.1, 0.15) is 12.1 Å². The Morgan fingerprint density at radius 2 is 1.57 bits per heavy atom. The summed E-state index contributed by atoms with van der Waals surface area (Å²) in [5, 5.41) is 2.18. The van der Waals surface area contributed by atoms with Gasteiger partial charge in [0, 0.05) is 63.9 Å². The van der Waals surface area contributed by atoms with Crippen LogP contribution < -0.4 is 0 Å². The maximum Gasteiger partial charge on any atom is 0.245 e. The summed E-state index contributed by atoms with van der Waals surface area (Å²) < 4.78 is 29.5. The quantitative estimate of drug-likeness (QED) is 0.371. The molecule has 2 amide bonds. The zero-order valence-corrected chi connectivity index (χ0v) is 28.2. The zero-order chi connectivity index (χ0) is 31.8. The molecule has 2 aromatic rings. The predicted molar refractivity (Wildman–Crippen MR) is 174 cm³/mol. The van der Waals surface area contributed by atoms with E-state index in [0.717, 1.165) is 43.4 Å². The third-order valence-corrected chi connectivity index (χ3v) is 11.5. The van der Waals surface area contributed by atoms with Crippen LogP contribution in [0.5, 0.6) is 0 Å². The van der Waals surface area contributed by atoms with Crippen molar-refractivity contribution >= 4 is 44.2 Å². The van der Waals surface area contributed by atoms with E-state index < -0.39 is 22.1 Å². The highest BCUT2D eigenvalue weighted by Crippen LogP contribution is 2.32. The minimum absolute atomic E-state index is 0.0358. The maximum atomic E-state index is 14.1. The third-order valence-electron chi connectivity index (χ3n) is 9.36. The van der Waals surface area contributed by atoms with Crippen LogP contribution >= 0.6 is 11.6 Å². The highest BCUT2D eigenvalue weighted by Gasteiger charge is 2.46. The summed E-state index contributed by atoms with van der Waals surface area (Å²) in [6.45, 7) is 8.23. The first kappa shape index (κ1) is 33.1. The monoisotopic (exact) mass is 646 g/mol. The number of piperidine rings is 2. The van der Waals surface area contributed by atoms with E-state index in [4.69, 9.17) is 11.6 Å². The fourth-order valence-corrected chi connectivity index (χ4v) is 8.88. The van der Waals surface area contributed by atoms with Gasteiger partial charge in [0.25, 0.3) is 0 Å². The topological polar surface area (TPSA) is 87.7 Å². The molecule has 242 valence electrons. The molecule has 5 rings (SSSR count). The highest BCUT2D eigenvalue weighted by molar-refractivity contribution is 7.89. The Kier molecular flexibility index (Phi) is 10.2. The van der Waals surface area contributed by atoms with E-state index in [2.05, 4.69) is 23.9 Å². The number of likely N-dealkylation sites (tertiary alicyclic amines) is 3. The van der Waals surface area contributed by atoms with Crippen LogP contribution in [0.15, 0.2) is 41.3 Å². The lowest BCUT2D eigenvalue weighted by molar-refractivity contribution is -0.147. The molecule has 44 heavy (non-hydrogen) atoms. The van der Waals surface area contributed by atoms with E-state index in [1.165, 1.54) is 4.31 Å². The number of rotatable bonds is 11. The van der Waals surface area contributed by atoms with Gasteiger partial charge in [0.15, 0.2) is 0 Å². The average Bonchev–Trinajstić information content (AvgIpc) is 3.34. The van der Waals surface area contributed by atoms with E-state index in [0.29, 0.717) is 49.5 Å². The molecular weight excluding hydrogens is 600 g/mol. The number of carbonyl (C=O) groups is 2. The fourth-order valence-electron chi connectivity index (χ4n) is 7.06. The van der Waals surface area contributed by atoms with Crippen molar-refractivity contribution in [2.45, 2.75) is 36.7 Å². The van der Waals surface area contributed by atoms with Gasteiger partial charge < -0.3 is 24.5 Å². The molecule has 4 atom stereocenters. The first-order valence-corrected chi connectivity index (χ1v) is 17.5. The SMILES string of the molecule is C[C@@H](C(=O)N1CC2CC(CN(CCN(C)C)C2)C1)N1CCC(N(CCN(C)C)S(=O)(=O)c2ccc3cc(Cl)ccc3c2)C1=O. The summed E-state index contributed by atoms with van der Waals surface area (Å²) in [4.78, 5) is 38.0. The van der Waals surface area contributed by atoms with Gasteiger partial charge in [-0.05, 0) is 94.8 Å². The van der Waals surface area contributed by atoms with Crippen molar-refractivity contribution < 1.29 is 18.0 Å². The van der Waals surface area contributed by atoms with Crippen molar-refractivity contribution in [2.75, 3.05) is 87.1 Å². The van der Waals surface area contributed by atoms with Gasteiger partial charge in [-0.25, -0.2) is 8.42 Å². The van der Waals surface area contributed by atoms with Gasteiger partial charge in [-0.1, -0.05) is 23.7 Å². The number of sulfonamides is 1. The van der Waals surface area contributed by atoms with Crippen LogP contribution in [-0.4, -0.2) is 148 Å². The summed E-state index contributed by atoms with van der Waals surface area (Å²) in [7, 11) is 3.93. The molecule has 2 bridgehead atoms. The van der Waals surface area contributed by atoms with E-state index in [-0.39, 0.29) is 23.3 Å². The van der Waals surface area contributed by atoms with Crippen molar-refractivity contribution in [3.63, 3.8) is 0 Å². The molecule has 3 saturated heterocycles. The van der Waals surface area contributed by atoms with Gasteiger partial charge in [-0.15, -0.1) is 0 Å². The van der Waals surface area contributed by atoms with Crippen molar-refractivity contribution in [3.05, 3.63) is 41.4 Å². The minimum Gasteiger partial charge on any atom is -0.340 e. The third kappa shape index (κ3) is 7.24. The Labute approximate surface area is 267 Å². The van der Waals surface area contributed by atoms with Crippen molar-refractivity contribution in [1.29, 1.82) is 0 Å². The number of halogens is 1. The van der Waals surface area contributed by atoms with Crippen LogP contribution in [0.3, 0.4) is 0 Å². The number of nitrogens with zero attached hydrogens (tertiary/aromatic N) is 6. The van der Waals surface area contributed by atoms with E-state index in [9.17, 15) is 18.0 Å². The molecule has 3 fully saturated rings. The largest absolute Gasteiger partial charge is 0.340 e. The Bertz CT molecular complexity index is 1460.